The Hall–Kier alpha value is -0.980. The molecule has 0 fully saturated rings. The quantitative estimate of drug-likeness (QED) is 0.725. The third-order valence-corrected chi connectivity index (χ3v) is 3.50. The van der Waals surface area contributed by atoms with Crippen molar-refractivity contribution in [3.63, 3.8) is 0 Å². The van der Waals surface area contributed by atoms with Crippen molar-refractivity contribution in [2.75, 3.05) is 6.26 Å². The van der Waals surface area contributed by atoms with E-state index in [4.69, 9.17) is 0 Å². The highest BCUT2D eigenvalue weighted by atomic mass is 32.2. The van der Waals surface area contributed by atoms with Crippen LogP contribution in [0, 0.1) is 0 Å². The van der Waals surface area contributed by atoms with Gasteiger partial charge in [-0.15, -0.1) is 0 Å². The summed E-state index contributed by atoms with van der Waals surface area (Å²) in [6.07, 6.45) is -0.476. The first kappa shape index (κ1) is 11.1. The molecule has 3 nitrogen and oxygen atoms in total. The minimum Gasteiger partial charge on any atom is -0.362 e. The van der Waals surface area contributed by atoms with Gasteiger partial charge in [0.1, 0.15) is 0 Å². The lowest BCUT2D eigenvalue weighted by Gasteiger charge is -2.32. The van der Waals surface area contributed by atoms with Crippen LogP contribution in [0.5, 0.6) is 0 Å². The molecule has 1 heterocycles. The number of alkyl halides is 3. The number of dihydropyridines is 1. The summed E-state index contributed by atoms with van der Waals surface area (Å²) in [7, 11) is -4.32. The fourth-order valence-electron chi connectivity index (χ4n) is 1.08. The van der Waals surface area contributed by atoms with E-state index in [1.807, 2.05) is 5.32 Å². The van der Waals surface area contributed by atoms with Crippen LogP contribution in [0.2, 0.25) is 0 Å². The van der Waals surface area contributed by atoms with Crippen molar-refractivity contribution in [1.29, 1.82) is 0 Å². The highest BCUT2D eigenvalue weighted by molar-refractivity contribution is 7.92. The zero-order valence-electron chi connectivity index (χ0n) is 7.17. The van der Waals surface area contributed by atoms with Crippen molar-refractivity contribution in [2.24, 2.45) is 0 Å². The summed E-state index contributed by atoms with van der Waals surface area (Å²) >= 11 is 0. The molecule has 7 heteroatoms. The highest BCUT2D eigenvalue weighted by Crippen LogP contribution is 2.36. The monoisotopic (exact) mass is 227 g/mol. The lowest BCUT2D eigenvalue weighted by Crippen LogP contribution is -2.59. The predicted molar refractivity (Wildman–Crippen MR) is 45.0 cm³/mol. The average molecular weight is 227 g/mol. The van der Waals surface area contributed by atoms with E-state index in [2.05, 4.69) is 0 Å². The molecule has 0 bridgehead atoms. The number of hydrogen-bond donors (Lipinski definition) is 1. The summed E-state index contributed by atoms with van der Waals surface area (Å²) in [6.45, 7) is 0. The minimum atomic E-state index is -4.89. The van der Waals surface area contributed by atoms with E-state index in [0.717, 1.165) is 12.3 Å². The average Bonchev–Trinajstić information content (AvgIpc) is 2.02. The number of sulfone groups is 1. The standard InChI is InChI=1S/C7H8F3NO2S/c1-14(12,13)6(7(8,9)10)4-2-3-5-11-6/h2-5,11H,1H3. The number of allylic oxidation sites excluding steroid dienone is 2. The molecule has 1 aliphatic rings. The van der Waals surface area contributed by atoms with Gasteiger partial charge in [-0.05, 0) is 18.4 Å². The van der Waals surface area contributed by atoms with Crippen molar-refractivity contribution in [3.8, 4) is 0 Å². The van der Waals surface area contributed by atoms with Gasteiger partial charge in [0.05, 0.1) is 0 Å². The van der Waals surface area contributed by atoms with E-state index in [9.17, 15) is 21.6 Å². The second-order valence-corrected chi connectivity index (χ2v) is 5.06. The molecule has 0 radical (unpaired) electrons. The second kappa shape index (κ2) is 3.01. The number of halogens is 3. The summed E-state index contributed by atoms with van der Waals surface area (Å²) in [5.41, 5.74) is 0. The van der Waals surface area contributed by atoms with Crippen LogP contribution in [-0.4, -0.2) is 25.7 Å². The first-order valence-corrected chi connectivity index (χ1v) is 5.48. The van der Waals surface area contributed by atoms with E-state index >= 15 is 0 Å². The van der Waals surface area contributed by atoms with Crippen LogP contribution >= 0.6 is 0 Å². The first-order chi connectivity index (χ1) is 6.21. The molecular formula is C7H8F3NO2S. The molecule has 1 unspecified atom stereocenters. The van der Waals surface area contributed by atoms with E-state index in [1.165, 1.54) is 6.08 Å². The Labute approximate surface area is 79.2 Å². The summed E-state index contributed by atoms with van der Waals surface area (Å²) in [5.74, 6) is 0. The Morgan fingerprint density at radius 1 is 1.29 bits per heavy atom. The summed E-state index contributed by atoms with van der Waals surface area (Å²) in [5, 5.41) is 1.83. The van der Waals surface area contributed by atoms with Crippen molar-refractivity contribution < 1.29 is 21.6 Å². The smallest absolute Gasteiger partial charge is 0.362 e. The third-order valence-electron chi connectivity index (χ3n) is 1.84. The molecular weight excluding hydrogens is 219 g/mol. The molecule has 0 aromatic heterocycles. The summed E-state index contributed by atoms with van der Waals surface area (Å²) < 4.78 is 59.9. The molecule has 14 heavy (non-hydrogen) atoms. The van der Waals surface area contributed by atoms with Crippen molar-refractivity contribution >= 4 is 9.84 Å². The predicted octanol–water partition coefficient (Wildman–Crippen LogP) is 0.963. The van der Waals surface area contributed by atoms with Gasteiger partial charge in [-0.2, -0.15) is 13.2 Å². The van der Waals surface area contributed by atoms with E-state index < -0.39 is 20.9 Å². The second-order valence-electron chi connectivity index (χ2n) is 2.87. The molecule has 0 spiro atoms. The molecule has 0 saturated carbocycles. The molecule has 1 aliphatic heterocycles. The zero-order chi connectivity index (χ0) is 11.0. The van der Waals surface area contributed by atoms with Crippen LogP contribution in [0.25, 0.3) is 0 Å². The Bertz CT molecular complexity index is 382. The topological polar surface area (TPSA) is 46.2 Å². The van der Waals surface area contributed by atoms with Gasteiger partial charge in [-0.25, -0.2) is 8.42 Å². The number of nitrogens with one attached hydrogen (secondary N) is 1. The Balaban J connectivity index is 3.32. The van der Waals surface area contributed by atoms with Gasteiger partial charge < -0.3 is 5.32 Å². The Morgan fingerprint density at radius 3 is 2.07 bits per heavy atom. The number of rotatable bonds is 1. The largest absolute Gasteiger partial charge is 0.429 e. The van der Waals surface area contributed by atoms with Crippen LogP contribution in [0.15, 0.2) is 24.4 Å². The molecule has 1 N–H and O–H groups in total. The van der Waals surface area contributed by atoms with Crippen LogP contribution in [-0.2, 0) is 9.84 Å². The molecule has 1 rings (SSSR count). The summed E-state index contributed by atoms with van der Waals surface area (Å²) in [6, 6.07) is 0. The first-order valence-electron chi connectivity index (χ1n) is 3.59. The maximum atomic E-state index is 12.6. The van der Waals surface area contributed by atoms with Gasteiger partial charge >= 0.3 is 6.18 Å². The molecule has 0 saturated heterocycles. The van der Waals surface area contributed by atoms with Crippen LogP contribution < -0.4 is 5.32 Å². The SMILES string of the molecule is CS(=O)(=O)C1(C(F)(F)F)C=CC=CN1. The van der Waals surface area contributed by atoms with Gasteiger partial charge in [-0.1, -0.05) is 6.08 Å². The third kappa shape index (κ3) is 1.52. The van der Waals surface area contributed by atoms with Gasteiger partial charge in [0.15, 0.2) is 9.84 Å². The maximum absolute atomic E-state index is 12.6. The molecule has 0 amide bonds. The van der Waals surface area contributed by atoms with Gasteiger partial charge in [-0.3, -0.25) is 0 Å². The van der Waals surface area contributed by atoms with Crippen molar-refractivity contribution in [2.45, 2.75) is 11.0 Å². The summed E-state index contributed by atoms with van der Waals surface area (Å²) in [4.78, 5) is -2.99. The Morgan fingerprint density at radius 2 is 1.86 bits per heavy atom. The van der Waals surface area contributed by atoms with E-state index in [-0.39, 0.29) is 0 Å². The molecule has 0 aromatic carbocycles. The lowest BCUT2D eigenvalue weighted by molar-refractivity contribution is -0.154. The van der Waals surface area contributed by atoms with Crippen LogP contribution in [0.3, 0.4) is 0 Å². The molecule has 0 aliphatic carbocycles. The van der Waals surface area contributed by atoms with Crippen LogP contribution in [0.4, 0.5) is 13.2 Å². The van der Waals surface area contributed by atoms with E-state index in [0.29, 0.717) is 12.3 Å². The normalized spacial score (nSPS) is 27.4. The fourth-order valence-corrected chi connectivity index (χ4v) is 2.11. The highest BCUT2D eigenvalue weighted by Gasteiger charge is 2.60. The lowest BCUT2D eigenvalue weighted by atomic mass is 10.2. The van der Waals surface area contributed by atoms with Gasteiger partial charge in [0, 0.05) is 6.26 Å². The minimum absolute atomic E-state index is 0.539. The van der Waals surface area contributed by atoms with Gasteiger partial charge in [0.2, 0.25) is 0 Å². The van der Waals surface area contributed by atoms with E-state index in [1.54, 1.807) is 0 Å². The number of hydrogen-bond acceptors (Lipinski definition) is 3. The molecule has 0 aromatic rings. The van der Waals surface area contributed by atoms with Crippen molar-refractivity contribution in [1.82, 2.24) is 5.32 Å². The van der Waals surface area contributed by atoms with Gasteiger partial charge in [0.25, 0.3) is 4.87 Å². The van der Waals surface area contributed by atoms with Crippen molar-refractivity contribution in [3.05, 3.63) is 24.4 Å². The molecule has 80 valence electrons. The zero-order valence-corrected chi connectivity index (χ0v) is 7.98. The fraction of sp³-hybridized carbons (Fsp3) is 0.429. The molecule has 1 atom stereocenters. The van der Waals surface area contributed by atoms with Crippen LogP contribution in [0.1, 0.15) is 0 Å². The Kier molecular flexibility index (Phi) is 2.39. The maximum Gasteiger partial charge on any atom is 0.429 e.